The maximum atomic E-state index is 12.8. The van der Waals surface area contributed by atoms with Crippen LogP contribution < -0.4 is 0 Å². The molecule has 0 rings (SSSR count). The van der Waals surface area contributed by atoms with E-state index in [4.69, 9.17) is 14.2 Å². The first-order chi connectivity index (χ1) is 31.6. The van der Waals surface area contributed by atoms with Gasteiger partial charge < -0.3 is 23.8 Å². The molecule has 0 aromatic carbocycles. The molecule has 0 bridgehead atoms. The van der Waals surface area contributed by atoms with Gasteiger partial charge in [-0.25, -0.2) is 4.79 Å². The average molecular weight is 909 g/mol. The van der Waals surface area contributed by atoms with Crippen LogP contribution in [0.5, 0.6) is 0 Å². The Morgan fingerprint density at radius 2 is 0.815 bits per heavy atom. The van der Waals surface area contributed by atoms with Crippen LogP contribution in [-0.4, -0.2) is 80.6 Å². The summed E-state index contributed by atoms with van der Waals surface area (Å²) in [6.07, 6.45) is 62.1. The second kappa shape index (κ2) is 47.0. The smallest absolute Gasteiger partial charge is 0.362 e. The summed E-state index contributed by atoms with van der Waals surface area (Å²) in [4.78, 5) is 37.2. The monoisotopic (exact) mass is 909 g/mol. The maximum Gasteiger partial charge on any atom is 0.362 e. The molecule has 0 aliphatic carbocycles. The minimum Gasteiger partial charge on any atom is -0.477 e. The van der Waals surface area contributed by atoms with Gasteiger partial charge in [-0.1, -0.05) is 189 Å². The number of carboxylic acids is 1. The first-order valence-corrected chi connectivity index (χ1v) is 26.1. The second-order valence-corrected chi connectivity index (χ2v) is 18.4. The van der Waals surface area contributed by atoms with Crippen molar-refractivity contribution < 1.29 is 38.2 Å². The van der Waals surface area contributed by atoms with Crippen molar-refractivity contribution in [1.82, 2.24) is 0 Å². The molecule has 0 spiro atoms. The van der Waals surface area contributed by atoms with Crippen LogP contribution in [0, 0.1) is 0 Å². The maximum absolute atomic E-state index is 12.8. The van der Waals surface area contributed by atoms with Gasteiger partial charge in [0.25, 0.3) is 0 Å². The topological polar surface area (TPSA) is 99.1 Å². The summed E-state index contributed by atoms with van der Waals surface area (Å²) in [7, 11) is 5.52. The molecule has 2 atom stereocenters. The highest BCUT2D eigenvalue weighted by atomic mass is 16.6. The van der Waals surface area contributed by atoms with Gasteiger partial charge in [-0.05, 0) is 83.5 Å². The zero-order valence-electron chi connectivity index (χ0n) is 42.4. The van der Waals surface area contributed by atoms with E-state index in [0.29, 0.717) is 19.3 Å². The summed E-state index contributed by atoms with van der Waals surface area (Å²) in [5.74, 6) is -1.50. The van der Waals surface area contributed by atoms with Crippen molar-refractivity contribution >= 4 is 17.9 Å². The van der Waals surface area contributed by atoms with Crippen LogP contribution in [0.3, 0.4) is 0 Å². The summed E-state index contributed by atoms with van der Waals surface area (Å²) < 4.78 is 17.3. The molecule has 0 fully saturated rings. The molecule has 8 nitrogen and oxygen atoms in total. The number of hydrogen-bond donors (Lipinski definition) is 1. The minimum absolute atomic E-state index is 0.0472. The molecular weight excluding hydrogens is 811 g/mol. The van der Waals surface area contributed by atoms with Gasteiger partial charge in [-0.2, -0.15) is 0 Å². The van der Waals surface area contributed by atoms with E-state index >= 15 is 0 Å². The number of aliphatic carboxylic acids is 1. The zero-order valence-corrected chi connectivity index (χ0v) is 42.4. The summed E-state index contributed by atoms with van der Waals surface area (Å²) in [5, 5.41) is 9.66. The molecule has 1 N–H and O–H groups in total. The van der Waals surface area contributed by atoms with E-state index in [-0.39, 0.29) is 36.2 Å². The molecule has 2 unspecified atom stereocenters. The average Bonchev–Trinajstić information content (AvgIpc) is 3.27. The van der Waals surface area contributed by atoms with E-state index in [0.717, 1.165) is 96.3 Å². The Hall–Kier alpha value is -3.49. The molecule has 372 valence electrons. The Morgan fingerprint density at radius 1 is 0.462 bits per heavy atom. The van der Waals surface area contributed by atoms with E-state index in [1.165, 1.54) is 77.0 Å². The third-order valence-electron chi connectivity index (χ3n) is 11.3. The van der Waals surface area contributed by atoms with E-state index < -0.39 is 18.1 Å². The van der Waals surface area contributed by atoms with Crippen molar-refractivity contribution in [1.29, 1.82) is 0 Å². The predicted octanol–water partition coefficient (Wildman–Crippen LogP) is 15.3. The molecule has 0 amide bonds. The van der Waals surface area contributed by atoms with Gasteiger partial charge in [0.05, 0.1) is 34.4 Å². The van der Waals surface area contributed by atoms with Crippen LogP contribution in [-0.2, 0) is 28.6 Å². The van der Waals surface area contributed by atoms with Gasteiger partial charge in [0, 0.05) is 19.3 Å². The van der Waals surface area contributed by atoms with Gasteiger partial charge in [0.15, 0.2) is 12.1 Å². The van der Waals surface area contributed by atoms with Crippen molar-refractivity contribution in [2.75, 3.05) is 41.0 Å². The van der Waals surface area contributed by atoms with Gasteiger partial charge in [-0.3, -0.25) is 9.59 Å². The number of hydrogen-bond acceptors (Lipinski definition) is 6. The third-order valence-corrected chi connectivity index (χ3v) is 11.3. The predicted molar refractivity (Wildman–Crippen MR) is 275 cm³/mol. The SMILES string of the molecule is CC/C=C/C/C=C/C/C=C/C/C=C/C/C=C/CCCCCCC(=O)OC(COCCC(C(=O)O)[N+](C)(C)C)COC(=O)CCCCCCCCCCCCCCCC/C=C/C/C=C/CC. The summed E-state index contributed by atoms with van der Waals surface area (Å²) in [5.41, 5.74) is 0. The molecule has 0 aliphatic rings. The van der Waals surface area contributed by atoms with Gasteiger partial charge >= 0.3 is 17.9 Å². The number of likely N-dealkylation sites (N-methyl/N-ethyl adjacent to an activating group) is 1. The molecule has 0 saturated heterocycles. The molecule has 0 aromatic heterocycles. The Kier molecular flexibility index (Phi) is 44.5. The van der Waals surface area contributed by atoms with Crippen molar-refractivity contribution in [2.45, 2.75) is 219 Å². The molecule has 8 heteroatoms. The summed E-state index contributed by atoms with van der Waals surface area (Å²) >= 11 is 0. The highest BCUT2D eigenvalue weighted by Crippen LogP contribution is 2.15. The zero-order chi connectivity index (χ0) is 47.7. The van der Waals surface area contributed by atoms with Crippen LogP contribution in [0.15, 0.2) is 85.1 Å². The first-order valence-electron chi connectivity index (χ1n) is 26.1. The van der Waals surface area contributed by atoms with Crippen LogP contribution >= 0.6 is 0 Å². The number of carbonyl (C=O) groups is 3. The van der Waals surface area contributed by atoms with Crippen molar-refractivity contribution in [3.05, 3.63) is 85.1 Å². The standard InChI is InChI=1S/C57H97NO7/c1-6-8-10-12-14-16-18-20-22-24-26-28-30-31-33-35-37-39-41-43-45-47-55(59)64-52-53(51-63-50-49-54(57(61)62)58(3,4)5)65-56(60)48-46-44-42-40-38-36-34-32-29-27-25-23-21-19-17-15-13-11-9-7-2/h8-11,14-17,21,23,27,29,34,36,53-54H,6-7,12-13,18-20,22,24-26,28,30-33,35,37-52H2,1-5H3/p+1/b10-8+,11-9+,16-14+,17-15+,23-21+,29-27+,36-34+. The number of carboxylic acid groups (broad SMARTS) is 1. The quantitative estimate of drug-likeness (QED) is 0.0281. The molecule has 65 heavy (non-hydrogen) atoms. The lowest BCUT2D eigenvalue weighted by atomic mass is 10.0. The fraction of sp³-hybridized carbons (Fsp3) is 0.702. The Balaban J connectivity index is 4.28. The molecule has 0 aliphatic heterocycles. The fourth-order valence-electron chi connectivity index (χ4n) is 7.33. The normalized spacial score (nSPS) is 13.6. The number of esters is 2. The van der Waals surface area contributed by atoms with Crippen LogP contribution in [0.25, 0.3) is 0 Å². The molecular formula is C57H98NO7+. The number of quaternary nitrogens is 1. The first kappa shape index (κ1) is 61.5. The van der Waals surface area contributed by atoms with Gasteiger partial charge in [0.2, 0.25) is 0 Å². The number of rotatable bonds is 46. The second-order valence-electron chi connectivity index (χ2n) is 18.4. The Labute approximate surface area is 399 Å². The highest BCUT2D eigenvalue weighted by Gasteiger charge is 2.31. The number of ether oxygens (including phenoxy) is 3. The van der Waals surface area contributed by atoms with E-state index in [1.54, 1.807) is 0 Å². The molecule has 0 saturated carbocycles. The molecule has 0 radical (unpaired) electrons. The van der Waals surface area contributed by atoms with Gasteiger partial charge in [-0.15, -0.1) is 0 Å². The molecule has 0 aromatic rings. The molecule has 0 heterocycles. The Morgan fingerprint density at radius 3 is 1.20 bits per heavy atom. The summed E-state index contributed by atoms with van der Waals surface area (Å²) in [6.45, 7) is 4.50. The lowest BCUT2D eigenvalue weighted by molar-refractivity contribution is -0.887. The van der Waals surface area contributed by atoms with Gasteiger partial charge in [0.1, 0.15) is 6.61 Å². The largest absolute Gasteiger partial charge is 0.477 e. The van der Waals surface area contributed by atoms with E-state index in [2.05, 4.69) is 98.9 Å². The number of unbranched alkanes of at least 4 members (excludes halogenated alkanes) is 18. The van der Waals surface area contributed by atoms with E-state index in [1.807, 2.05) is 21.1 Å². The van der Waals surface area contributed by atoms with Crippen molar-refractivity contribution in [2.24, 2.45) is 0 Å². The Bertz CT molecular complexity index is 1330. The number of allylic oxidation sites excluding steroid dienone is 14. The third kappa shape index (κ3) is 45.5. The fourth-order valence-corrected chi connectivity index (χ4v) is 7.33. The summed E-state index contributed by atoms with van der Waals surface area (Å²) in [6, 6.07) is -0.624. The minimum atomic E-state index is -0.881. The van der Waals surface area contributed by atoms with Crippen molar-refractivity contribution in [3.8, 4) is 0 Å². The van der Waals surface area contributed by atoms with Crippen LogP contribution in [0.1, 0.15) is 206 Å². The lowest BCUT2D eigenvalue weighted by Crippen LogP contribution is -2.50. The van der Waals surface area contributed by atoms with Crippen molar-refractivity contribution in [3.63, 3.8) is 0 Å². The highest BCUT2D eigenvalue weighted by molar-refractivity contribution is 5.72. The van der Waals surface area contributed by atoms with Crippen LogP contribution in [0.2, 0.25) is 0 Å². The number of nitrogens with zero attached hydrogens (tertiary/aromatic N) is 1. The van der Waals surface area contributed by atoms with E-state index in [9.17, 15) is 19.5 Å². The lowest BCUT2D eigenvalue weighted by Gasteiger charge is -2.31. The number of carbonyl (C=O) groups excluding carboxylic acids is 2. The van der Waals surface area contributed by atoms with Crippen LogP contribution in [0.4, 0.5) is 0 Å².